The Morgan fingerprint density at radius 1 is 1.26 bits per heavy atom. The molecule has 2 fully saturated rings. The molecule has 8 nitrogen and oxygen atoms in total. The largest absolute Gasteiger partial charge is 0.365 e. The van der Waals surface area contributed by atoms with Crippen molar-refractivity contribution in [3.63, 3.8) is 0 Å². The fraction of sp³-hybridized carbons (Fsp3) is 0.565. The molecule has 5 rings (SSSR count). The van der Waals surface area contributed by atoms with Gasteiger partial charge in [-0.2, -0.15) is 0 Å². The van der Waals surface area contributed by atoms with E-state index in [-0.39, 0.29) is 17.7 Å². The van der Waals surface area contributed by atoms with Crippen LogP contribution in [0.1, 0.15) is 48.2 Å². The number of amides is 2. The highest BCUT2D eigenvalue weighted by molar-refractivity contribution is 5.80. The minimum absolute atomic E-state index is 0.102. The third-order valence-corrected chi connectivity index (χ3v) is 6.74. The predicted octanol–water partition coefficient (Wildman–Crippen LogP) is 1.75. The van der Waals surface area contributed by atoms with Gasteiger partial charge in [0.05, 0.1) is 38.4 Å². The topological polar surface area (TPSA) is 89.4 Å². The lowest BCUT2D eigenvalue weighted by Crippen LogP contribution is -2.56. The number of carbonyl (C=O) groups excluding carboxylic acids is 2. The van der Waals surface area contributed by atoms with Crippen molar-refractivity contribution in [2.45, 2.75) is 64.3 Å². The number of hydrogen-bond acceptors (Lipinski definition) is 5. The quantitative estimate of drug-likeness (QED) is 0.791. The zero-order valence-corrected chi connectivity index (χ0v) is 18.0. The summed E-state index contributed by atoms with van der Waals surface area (Å²) in [5, 5.41) is 11.6. The zero-order valence-electron chi connectivity index (χ0n) is 18.0. The number of fused-ring (bicyclic) bond motifs is 1. The molecule has 31 heavy (non-hydrogen) atoms. The maximum atomic E-state index is 13.0. The molecule has 8 heteroatoms. The molecule has 1 unspecified atom stereocenters. The molecule has 3 heterocycles. The number of piperidine rings is 1. The van der Waals surface area contributed by atoms with E-state index in [4.69, 9.17) is 4.74 Å². The summed E-state index contributed by atoms with van der Waals surface area (Å²) >= 11 is 0. The first kappa shape index (κ1) is 20.2. The average molecular weight is 424 g/mol. The zero-order chi connectivity index (χ0) is 21.4. The highest BCUT2D eigenvalue weighted by Crippen LogP contribution is 2.33. The molecule has 2 amide bonds. The predicted molar refractivity (Wildman–Crippen MR) is 113 cm³/mol. The van der Waals surface area contributed by atoms with Crippen molar-refractivity contribution in [2.75, 3.05) is 13.1 Å². The summed E-state index contributed by atoms with van der Waals surface area (Å²) in [6, 6.07) is 8.04. The summed E-state index contributed by atoms with van der Waals surface area (Å²) in [4.78, 5) is 26.9. The van der Waals surface area contributed by atoms with Gasteiger partial charge in [-0.05, 0) is 43.7 Å². The Morgan fingerprint density at radius 3 is 2.90 bits per heavy atom. The van der Waals surface area contributed by atoms with E-state index in [0.29, 0.717) is 32.7 Å². The number of aryl methyl sites for hydroxylation is 1. The molecule has 0 bridgehead atoms. The van der Waals surface area contributed by atoms with Crippen LogP contribution in [0.2, 0.25) is 0 Å². The van der Waals surface area contributed by atoms with Gasteiger partial charge in [-0.3, -0.25) is 9.59 Å². The number of hydrogen-bond donors (Lipinski definition) is 1. The molecule has 2 aromatic rings. The Morgan fingerprint density at radius 2 is 2.10 bits per heavy atom. The molecule has 1 aromatic carbocycles. The van der Waals surface area contributed by atoms with Gasteiger partial charge in [0.25, 0.3) is 0 Å². The van der Waals surface area contributed by atoms with Gasteiger partial charge in [0, 0.05) is 12.5 Å². The summed E-state index contributed by atoms with van der Waals surface area (Å²) in [6.07, 6.45) is 4.19. The van der Waals surface area contributed by atoms with E-state index < -0.39 is 5.60 Å². The van der Waals surface area contributed by atoms with E-state index in [1.54, 1.807) is 0 Å². The number of benzene rings is 1. The monoisotopic (exact) mass is 423 g/mol. The number of rotatable bonds is 5. The van der Waals surface area contributed by atoms with Gasteiger partial charge in [0.1, 0.15) is 11.3 Å². The fourth-order valence-corrected chi connectivity index (χ4v) is 4.63. The SMILES string of the molecule is Cc1ccccc1CC(=O)N1CCCC2(C1)Cn1nnc(CNC(=O)C3CC3)c1CO2. The van der Waals surface area contributed by atoms with E-state index in [1.165, 1.54) is 0 Å². The van der Waals surface area contributed by atoms with Crippen LogP contribution >= 0.6 is 0 Å². The highest BCUT2D eigenvalue weighted by atomic mass is 16.5. The van der Waals surface area contributed by atoms with Crippen LogP contribution in [0, 0.1) is 12.8 Å². The molecule has 1 N–H and O–H groups in total. The molecule has 0 radical (unpaired) electrons. The number of likely N-dealkylation sites (tertiary alicyclic amines) is 1. The Hall–Kier alpha value is -2.74. The summed E-state index contributed by atoms with van der Waals surface area (Å²) in [5.74, 6) is 0.422. The maximum Gasteiger partial charge on any atom is 0.227 e. The molecule has 1 aliphatic carbocycles. The lowest BCUT2D eigenvalue weighted by Gasteiger charge is -2.44. The third kappa shape index (κ3) is 4.21. The molecule has 1 spiro atoms. The van der Waals surface area contributed by atoms with Crippen LogP contribution in [0.4, 0.5) is 0 Å². The lowest BCUT2D eigenvalue weighted by atomic mass is 9.90. The van der Waals surface area contributed by atoms with Crippen LogP contribution in [0.25, 0.3) is 0 Å². The van der Waals surface area contributed by atoms with E-state index in [0.717, 1.165) is 54.7 Å². The van der Waals surface area contributed by atoms with Crippen molar-refractivity contribution in [3.05, 3.63) is 46.8 Å². The van der Waals surface area contributed by atoms with Crippen LogP contribution in [0.5, 0.6) is 0 Å². The van der Waals surface area contributed by atoms with E-state index in [2.05, 4.69) is 15.6 Å². The minimum atomic E-state index is -0.422. The Kier molecular flexibility index (Phi) is 5.25. The molecule has 164 valence electrons. The van der Waals surface area contributed by atoms with Crippen molar-refractivity contribution in [1.29, 1.82) is 0 Å². The van der Waals surface area contributed by atoms with Gasteiger partial charge in [0.2, 0.25) is 11.8 Å². The van der Waals surface area contributed by atoms with Gasteiger partial charge in [-0.15, -0.1) is 5.10 Å². The average Bonchev–Trinajstić information content (AvgIpc) is 3.55. The van der Waals surface area contributed by atoms with E-state index in [1.807, 2.05) is 40.8 Å². The van der Waals surface area contributed by atoms with Crippen LogP contribution in [-0.4, -0.2) is 50.4 Å². The molecule has 3 aliphatic rings. The van der Waals surface area contributed by atoms with Gasteiger partial charge in [0.15, 0.2) is 0 Å². The molecular weight excluding hydrogens is 394 g/mol. The standard InChI is InChI=1S/C23H29N5O3/c1-16-5-2-3-6-18(16)11-21(29)27-10-4-9-23(14-27)15-28-20(13-31-23)19(25-26-28)12-24-22(30)17-7-8-17/h2-3,5-6,17H,4,7-15H2,1H3,(H,24,30). The van der Waals surface area contributed by atoms with Gasteiger partial charge in [-0.1, -0.05) is 29.5 Å². The molecular formula is C23H29N5O3. The second-order valence-corrected chi connectivity index (χ2v) is 9.13. The molecule has 1 saturated heterocycles. The third-order valence-electron chi connectivity index (χ3n) is 6.74. The molecule has 1 atom stereocenters. The summed E-state index contributed by atoms with van der Waals surface area (Å²) in [5.41, 5.74) is 3.49. The van der Waals surface area contributed by atoms with Gasteiger partial charge in [-0.25, -0.2) is 4.68 Å². The normalized spacial score (nSPS) is 22.9. The number of carbonyl (C=O) groups is 2. The molecule has 1 aromatic heterocycles. The molecule has 1 saturated carbocycles. The van der Waals surface area contributed by atoms with Crippen molar-refractivity contribution >= 4 is 11.8 Å². The lowest BCUT2D eigenvalue weighted by molar-refractivity contribution is -0.152. The van der Waals surface area contributed by atoms with E-state index in [9.17, 15) is 9.59 Å². The second-order valence-electron chi connectivity index (χ2n) is 9.13. The Bertz CT molecular complexity index is 999. The van der Waals surface area contributed by atoms with Crippen molar-refractivity contribution in [3.8, 4) is 0 Å². The first-order valence-electron chi connectivity index (χ1n) is 11.2. The Labute approximate surface area is 181 Å². The number of aromatic nitrogens is 3. The van der Waals surface area contributed by atoms with Crippen LogP contribution < -0.4 is 5.32 Å². The summed E-state index contributed by atoms with van der Waals surface area (Å²) in [7, 11) is 0. The van der Waals surface area contributed by atoms with Crippen molar-refractivity contribution in [1.82, 2.24) is 25.2 Å². The Balaban J connectivity index is 1.23. The minimum Gasteiger partial charge on any atom is -0.365 e. The van der Waals surface area contributed by atoms with Crippen LogP contribution in [0.15, 0.2) is 24.3 Å². The van der Waals surface area contributed by atoms with Crippen LogP contribution in [0.3, 0.4) is 0 Å². The number of nitrogens with zero attached hydrogens (tertiary/aromatic N) is 4. The van der Waals surface area contributed by atoms with Gasteiger partial charge < -0.3 is 15.0 Å². The highest BCUT2D eigenvalue weighted by Gasteiger charge is 2.42. The first-order chi connectivity index (χ1) is 15.0. The fourth-order valence-electron chi connectivity index (χ4n) is 4.63. The summed E-state index contributed by atoms with van der Waals surface area (Å²) < 4.78 is 8.25. The van der Waals surface area contributed by atoms with Gasteiger partial charge >= 0.3 is 0 Å². The maximum absolute atomic E-state index is 13.0. The second kappa shape index (κ2) is 8.07. The van der Waals surface area contributed by atoms with Crippen molar-refractivity contribution in [2.24, 2.45) is 5.92 Å². The van der Waals surface area contributed by atoms with Crippen LogP contribution in [-0.2, 0) is 40.4 Å². The number of nitrogens with one attached hydrogen (secondary N) is 1. The smallest absolute Gasteiger partial charge is 0.227 e. The summed E-state index contributed by atoms with van der Waals surface area (Å²) in [6.45, 7) is 4.76. The van der Waals surface area contributed by atoms with E-state index >= 15 is 0 Å². The molecule has 2 aliphatic heterocycles. The van der Waals surface area contributed by atoms with Crippen molar-refractivity contribution < 1.29 is 14.3 Å². The number of ether oxygens (including phenoxy) is 1. The first-order valence-corrected chi connectivity index (χ1v) is 11.2.